The van der Waals surface area contributed by atoms with E-state index in [0.29, 0.717) is 13.0 Å². The highest BCUT2D eigenvalue weighted by atomic mass is 19.2. The van der Waals surface area contributed by atoms with Gasteiger partial charge < -0.3 is 10.5 Å². The predicted molar refractivity (Wildman–Crippen MR) is 79.3 cm³/mol. The first-order valence-corrected chi connectivity index (χ1v) is 6.89. The molecular weight excluding hydrogens is 272 g/mol. The van der Waals surface area contributed by atoms with Crippen LogP contribution in [0.15, 0.2) is 42.5 Å². The number of halogens is 2. The first-order chi connectivity index (χ1) is 10.1. The first-order valence-electron chi connectivity index (χ1n) is 6.89. The lowest BCUT2D eigenvalue weighted by Crippen LogP contribution is -2.19. The smallest absolute Gasteiger partial charge is 0.159 e. The van der Waals surface area contributed by atoms with Crippen LogP contribution >= 0.6 is 0 Å². The second-order valence-electron chi connectivity index (χ2n) is 5.11. The van der Waals surface area contributed by atoms with Gasteiger partial charge in [0.05, 0.1) is 7.11 Å². The molecular formula is C17H19F2NO. The second kappa shape index (κ2) is 7.18. The summed E-state index contributed by atoms with van der Waals surface area (Å²) in [4.78, 5) is 0. The summed E-state index contributed by atoms with van der Waals surface area (Å²) in [7, 11) is 1.63. The maximum atomic E-state index is 13.2. The van der Waals surface area contributed by atoms with Crippen LogP contribution < -0.4 is 10.5 Å². The number of rotatable bonds is 6. The van der Waals surface area contributed by atoms with E-state index in [2.05, 4.69) is 0 Å². The molecule has 1 unspecified atom stereocenters. The minimum absolute atomic E-state index is 0.168. The van der Waals surface area contributed by atoms with Gasteiger partial charge in [0.1, 0.15) is 5.75 Å². The van der Waals surface area contributed by atoms with Crippen molar-refractivity contribution < 1.29 is 13.5 Å². The third kappa shape index (κ3) is 4.26. The fraction of sp³-hybridized carbons (Fsp3) is 0.294. The minimum atomic E-state index is -0.823. The predicted octanol–water partition coefficient (Wildman–Crippen LogP) is 3.33. The van der Waals surface area contributed by atoms with Crippen LogP contribution in [0.5, 0.6) is 5.75 Å². The number of benzene rings is 2. The summed E-state index contributed by atoms with van der Waals surface area (Å²) in [5.41, 5.74) is 7.68. The molecule has 21 heavy (non-hydrogen) atoms. The van der Waals surface area contributed by atoms with Crippen molar-refractivity contribution in [3.05, 3.63) is 65.2 Å². The molecule has 2 N–H and O–H groups in total. The molecule has 2 nitrogen and oxygen atoms in total. The van der Waals surface area contributed by atoms with E-state index in [0.717, 1.165) is 29.4 Å². The van der Waals surface area contributed by atoms with Gasteiger partial charge in [-0.3, -0.25) is 0 Å². The maximum Gasteiger partial charge on any atom is 0.159 e. The highest BCUT2D eigenvalue weighted by Gasteiger charge is 2.11. The highest BCUT2D eigenvalue weighted by Crippen LogP contribution is 2.19. The van der Waals surface area contributed by atoms with Gasteiger partial charge in [-0.1, -0.05) is 18.2 Å². The van der Waals surface area contributed by atoms with E-state index in [-0.39, 0.29) is 5.92 Å². The van der Waals surface area contributed by atoms with Gasteiger partial charge in [-0.25, -0.2) is 8.78 Å². The molecule has 0 saturated heterocycles. The number of methoxy groups -OCH3 is 1. The first kappa shape index (κ1) is 15.4. The second-order valence-corrected chi connectivity index (χ2v) is 5.11. The largest absolute Gasteiger partial charge is 0.497 e. The van der Waals surface area contributed by atoms with E-state index < -0.39 is 11.6 Å². The molecule has 0 aliphatic carbocycles. The Labute approximate surface area is 123 Å². The average molecular weight is 291 g/mol. The molecule has 0 saturated carbocycles. The minimum Gasteiger partial charge on any atom is -0.497 e. The zero-order valence-electron chi connectivity index (χ0n) is 12.0. The number of hydrogen-bond acceptors (Lipinski definition) is 2. The van der Waals surface area contributed by atoms with Gasteiger partial charge in [0.2, 0.25) is 0 Å². The standard InChI is InChI=1S/C17H19F2NO/c1-21-15-4-2-3-12(9-15)7-14(11-20)8-13-5-6-16(18)17(19)10-13/h2-6,9-10,14H,7-8,11,20H2,1H3. The molecule has 0 bridgehead atoms. The van der Waals surface area contributed by atoms with E-state index in [9.17, 15) is 8.78 Å². The maximum absolute atomic E-state index is 13.2. The van der Waals surface area contributed by atoms with Crippen LogP contribution in [0.3, 0.4) is 0 Å². The van der Waals surface area contributed by atoms with E-state index >= 15 is 0 Å². The Hall–Kier alpha value is -1.94. The number of ether oxygens (including phenoxy) is 1. The van der Waals surface area contributed by atoms with Gasteiger partial charge in [0.15, 0.2) is 11.6 Å². The van der Waals surface area contributed by atoms with Crippen molar-refractivity contribution in [3.63, 3.8) is 0 Å². The van der Waals surface area contributed by atoms with Gasteiger partial charge >= 0.3 is 0 Å². The Morgan fingerprint density at radius 1 is 1.00 bits per heavy atom. The average Bonchev–Trinajstić information content (AvgIpc) is 2.50. The van der Waals surface area contributed by atoms with Crippen molar-refractivity contribution in [1.82, 2.24) is 0 Å². The van der Waals surface area contributed by atoms with E-state index in [1.54, 1.807) is 13.2 Å². The fourth-order valence-corrected chi connectivity index (χ4v) is 2.37. The van der Waals surface area contributed by atoms with Crippen LogP contribution in [0.4, 0.5) is 8.78 Å². The van der Waals surface area contributed by atoms with Crippen molar-refractivity contribution in [3.8, 4) is 5.75 Å². The lowest BCUT2D eigenvalue weighted by Gasteiger charge is -2.15. The molecule has 2 aromatic carbocycles. The normalized spacial score (nSPS) is 12.2. The Kier molecular flexibility index (Phi) is 5.28. The number of hydrogen-bond donors (Lipinski definition) is 1. The molecule has 0 aliphatic heterocycles. The molecule has 0 amide bonds. The fourth-order valence-electron chi connectivity index (χ4n) is 2.37. The van der Waals surface area contributed by atoms with Crippen LogP contribution in [-0.4, -0.2) is 13.7 Å². The molecule has 4 heteroatoms. The monoisotopic (exact) mass is 291 g/mol. The third-order valence-electron chi connectivity index (χ3n) is 3.50. The quantitative estimate of drug-likeness (QED) is 0.886. The van der Waals surface area contributed by atoms with Gasteiger partial charge in [-0.15, -0.1) is 0 Å². The summed E-state index contributed by atoms with van der Waals surface area (Å²) in [6.45, 7) is 0.482. The van der Waals surface area contributed by atoms with Crippen molar-refractivity contribution in [1.29, 1.82) is 0 Å². The summed E-state index contributed by atoms with van der Waals surface area (Å²) in [6.07, 6.45) is 1.39. The van der Waals surface area contributed by atoms with E-state index in [4.69, 9.17) is 10.5 Å². The van der Waals surface area contributed by atoms with Gasteiger partial charge in [0, 0.05) is 0 Å². The van der Waals surface area contributed by atoms with Gasteiger partial charge in [-0.2, -0.15) is 0 Å². The summed E-state index contributed by atoms with van der Waals surface area (Å²) in [5.74, 6) is -0.668. The van der Waals surface area contributed by atoms with Crippen molar-refractivity contribution in [2.45, 2.75) is 12.8 Å². The van der Waals surface area contributed by atoms with Gasteiger partial charge in [-0.05, 0) is 60.7 Å². The topological polar surface area (TPSA) is 35.2 Å². The Bertz CT molecular complexity index is 601. The van der Waals surface area contributed by atoms with Crippen LogP contribution in [-0.2, 0) is 12.8 Å². The third-order valence-corrected chi connectivity index (χ3v) is 3.50. The Morgan fingerprint density at radius 2 is 1.71 bits per heavy atom. The summed E-state index contributed by atoms with van der Waals surface area (Å²) in [5, 5.41) is 0. The van der Waals surface area contributed by atoms with Crippen LogP contribution in [0.2, 0.25) is 0 Å². The molecule has 0 heterocycles. The Balaban J connectivity index is 2.07. The molecule has 0 aromatic heterocycles. The van der Waals surface area contributed by atoms with Gasteiger partial charge in [0.25, 0.3) is 0 Å². The molecule has 0 fully saturated rings. The summed E-state index contributed by atoms with van der Waals surface area (Å²) < 4.78 is 31.4. The molecule has 112 valence electrons. The summed E-state index contributed by atoms with van der Waals surface area (Å²) >= 11 is 0. The zero-order chi connectivity index (χ0) is 15.2. The van der Waals surface area contributed by atoms with Crippen LogP contribution in [0.25, 0.3) is 0 Å². The number of nitrogens with two attached hydrogens (primary N) is 1. The van der Waals surface area contributed by atoms with Crippen molar-refractivity contribution in [2.75, 3.05) is 13.7 Å². The molecule has 0 radical (unpaired) electrons. The van der Waals surface area contributed by atoms with Crippen LogP contribution in [0.1, 0.15) is 11.1 Å². The van der Waals surface area contributed by atoms with E-state index in [1.165, 1.54) is 6.07 Å². The zero-order valence-corrected chi connectivity index (χ0v) is 12.0. The lowest BCUT2D eigenvalue weighted by atomic mass is 9.92. The highest BCUT2D eigenvalue weighted by molar-refractivity contribution is 5.29. The van der Waals surface area contributed by atoms with Crippen LogP contribution in [0, 0.1) is 17.6 Å². The Morgan fingerprint density at radius 3 is 2.33 bits per heavy atom. The molecule has 2 rings (SSSR count). The van der Waals surface area contributed by atoms with E-state index in [1.807, 2.05) is 24.3 Å². The lowest BCUT2D eigenvalue weighted by molar-refractivity contribution is 0.413. The molecule has 1 atom stereocenters. The molecule has 2 aromatic rings. The molecule has 0 aliphatic rings. The summed E-state index contributed by atoms with van der Waals surface area (Å²) in [6, 6.07) is 11.8. The molecule has 0 spiro atoms. The van der Waals surface area contributed by atoms with Crippen molar-refractivity contribution in [2.24, 2.45) is 11.7 Å². The SMILES string of the molecule is COc1cccc(CC(CN)Cc2ccc(F)c(F)c2)c1. The van der Waals surface area contributed by atoms with Crippen molar-refractivity contribution >= 4 is 0 Å².